The molecule has 0 amide bonds. The summed E-state index contributed by atoms with van der Waals surface area (Å²) in [7, 11) is -3.75. The van der Waals surface area contributed by atoms with Crippen molar-refractivity contribution in [3.63, 3.8) is 0 Å². The fraction of sp³-hybridized carbons (Fsp3) is 0.261. The number of nitrogens with zero attached hydrogens (tertiary/aromatic N) is 4. The minimum Gasteiger partial charge on any atom is -0.426 e. The molecule has 0 saturated heterocycles. The lowest BCUT2D eigenvalue weighted by molar-refractivity contribution is 0.408. The molecular formula is C23H25N5O3S3. The van der Waals surface area contributed by atoms with Gasteiger partial charge < -0.3 is 4.74 Å². The van der Waals surface area contributed by atoms with Gasteiger partial charge in [0.1, 0.15) is 9.96 Å². The van der Waals surface area contributed by atoms with Crippen molar-refractivity contribution in [3.05, 3.63) is 66.1 Å². The van der Waals surface area contributed by atoms with Gasteiger partial charge in [0.05, 0.1) is 28.5 Å². The Morgan fingerprint density at radius 2 is 1.91 bits per heavy atom. The average Bonchev–Trinajstić information content (AvgIpc) is 3.48. The number of hydrogen-bond donors (Lipinski definition) is 1. The zero-order valence-corrected chi connectivity index (χ0v) is 21.7. The van der Waals surface area contributed by atoms with Crippen molar-refractivity contribution in [3.8, 4) is 22.3 Å². The van der Waals surface area contributed by atoms with Crippen LogP contribution >= 0.6 is 23.1 Å². The summed E-state index contributed by atoms with van der Waals surface area (Å²) in [6.45, 7) is 6.34. The third-order valence-electron chi connectivity index (χ3n) is 5.09. The van der Waals surface area contributed by atoms with E-state index in [1.165, 1.54) is 23.1 Å². The molecule has 0 radical (unpaired) electrons. The lowest BCUT2D eigenvalue weighted by Crippen LogP contribution is -2.27. The molecule has 1 atom stereocenters. The minimum absolute atomic E-state index is 0.220. The molecule has 0 fully saturated rings. The van der Waals surface area contributed by atoms with Crippen LogP contribution in [0.1, 0.15) is 31.1 Å². The third-order valence-corrected chi connectivity index (χ3v) is 8.79. The second-order valence-electron chi connectivity index (χ2n) is 7.52. The molecule has 3 aromatic heterocycles. The average molecular weight is 516 g/mol. The molecule has 1 unspecified atom stereocenters. The molecular weight excluding hydrogens is 490 g/mol. The Kier molecular flexibility index (Phi) is 7.36. The number of nitrogens with one attached hydrogen (secondary N) is 1. The molecule has 0 saturated carbocycles. The van der Waals surface area contributed by atoms with Crippen molar-refractivity contribution < 1.29 is 13.2 Å². The Morgan fingerprint density at radius 1 is 1.15 bits per heavy atom. The van der Waals surface area contributed by atoms with Crippen LogP contribution in [0.4, 0.5) is 0 Å². The van der Waals surface area contributed by atoms with Gasteiger partial charge in [0.2, 0.25) is 0 Å². The molecule has 34 heavy (non-hydrogen) atoms. The van der Waals surface area contributed by atoms with E-state index in [-0.39, 0.29) is 4.21 Å². The minimum atomic E-state index is -3.75. The molecule has 0 aliphatic carbocycles. The molecule has 8 nitrogen and oxygen atoms in total. The maximum Gasteiger partial charge on any atom is 0.302 e. The first-order chi connectivity index (χ1) is 16.3. The highest BCUT2D eigenvalue weighted by Gasteiger charge is 2.24. The highest BCUT2D eigenvalue weighted by Crippen LogP contribution is 2.31. The first-order valence-electron chi connectivity index (χ1n) is 10.6. The Hall–Kier alpha value is -2.73. The standard InChI is InChI=1S/C23H25N5O3S3/c1-5-28-19(14-25-23(28)31-17-8-6-15(2)7-9-17)16(3)27-34(29,30)21-11-10-20(33-21)18-12-13-24-22(26-18)32-4/h6-14,16,27H,5H2,1-4H3. The molecule has 1 aromatic carbocycles. The van der Waals surface area contributed by atoms with Gasteiger partial charge in [-0.25, -0.2) is 28.1 Å². The number of thioether (sulfide) groups is 1. The molecule has 4 rings (SSSR count). The molecule has 0 aliphatic heterocycles. The van der Waals surface area contributed by atoms with Crippen LogP contribution in [0.5, 0.6) is 11.8 Å². The molecule has 3 heterocycles. The predicted octanol–water partition coefficient (Wildman–Crippen LogP) is 5.28. The number of sulfonamides is 1. The molecule has 4 aromatic rings. The fourth-order valence-electron chi connectivity index (χ4n) is 3.36. The van der Waals surface area contributed by atoms with Crippen LogP contribution in [-0.2, 0) is 16.6 Å². The molecule has 0 spiro atoms. The van der Waals surface area contributed by atoms with Crippen molar-refractivity contribution in [1.82, 2.24) is 24.2 Å². The van der Waals surface area contributed by atoms with Gasteiger partial charge in [-0.1, -0.05) is 29.5 Å². The van der Waals surface area contributed by atoms with Crippen LogP contribution in [-0.4, -0.2) is 34.2 Å². The van der Waals surface area contributed by atoms with E-state index in [0.29, 0.717) is 34.8 Å². The van der Waals surface area contributed by atoms with E-state index in [1.807, 2.05) is 48.9 Å². The van der Waals surface area contributed by atoms with E-state index >= 15 is 0 Å². The van der Waals surface area contributed by atoms with E-state index in [1.54, 1.807) is 37.5 Å². The van der Waals surface area contributed by atoms with E-state index in [2.05, 4.69) is 19.7 Å². The van der Waals surface area contributed by atoms with Crippen LogP contribution < -0.4 is 9.46 Å². The predicted molar refractivity (Wildman–Crippen MR) is 135 cm³/mol. The van der Waals surface area contributed by atoms with Gasteiger partial charge in [-0.3, -0.25) is 4.57 Å². The van der Waals surface area contributed by atoms with E-state index in [0.717, 1.165) is 10.4 Å². The van der Waals surface area contributed by atoms with Crippen molar-refractivity contribution in [2.24, 2.45) is 0 Å². The SMILES string of the molecule is CCn1c(C(C)NS(=O)(=O)c2ccc(-c3ccnc(SC)n3)s2)cnc1Oc1ccc(C)cc1. The topological polar surface area (TPSA) is 99.0 Å². The van der Waals surface area contributed by atoms with E-state index in [9.17, 15) is 8.42 Å². The second-order valence-corrected chi connectivity index (χ2v) is 11.3. The summed E-state index contributed by atoms with van der Waals surface area (Å²) in [6, 6.07) is 12.7. The van der Waals surface area contributed by atoms with Crippen LogP contribution in [0.25, 0.3) is 10.6 Å². The Bertz CT molecular complexity index is 1380. The Labute approximate surface area is 207 Å². The van der Waals surface area contributed by atoms with Gasteiger partial charge in [-0.15, -0.1) is 11.3 Å². The van der Waals surface area contributed by atoms with Crippen molar-refractivity contribution in [2.45, 2.75) is 42.7 Å². The van der Waals surface area contributed by atoms with E-state index in [4.69, 9.17) is 4.74 Å². The van der Waals surface area contributed by atoms with E-state index < -0.39 is 16.1 Å². The molecule has 0 bridgehead atoms. The maximum absolute atomic E-state index is 13.1. The molecule has 1 N–H and O–H groups in total. The normalized spacial score (nSPS) is 12.6. The third kappa shape index (κ3) is 5.33. The fourth-order valence-corrected chi connectivity index (χ4v) is 6.22. The number of aryl methyl sites for hydroxylation is 1. The zero-order valence-electron chi connectivity index (χ0n) is 19.2. The van der Waals surface area contributed by atoms with Gasteiger partial charge in [0.25, 0.3) is 10.0 Å². The number of benzene rings is 1. The number of thiophene rings is 1. The monoisotopic (exact) mass is 515 g/mol. The lowest BCUT2D eigenvalue weighted by atomic mass is 10.2. The maximum atomic E-state index is 13.1. The Morgan fingerprint density at radius 3 is 2.62 bits per heavy atom. The summed E-state index contributed by atoms with van der Waals surface area (Å²) in [5, 5.41) is 0.638. The summed E-state index contributed by atoms with van der Waals surface area (Å²) in [6.07, 6.45) is 5.21. The smallest absolute Gasteiger partial charge is 0.302 e. The second kappa shape index (κ2) is 10.3. The summed E-state index contributed by atoms with van der Waals surface area (Å²) in [5.41, 5.74) is 2.54. The highest BCUT2D eigenvalue weighted by molar-refractivity contribution is 7.98. The van der Waals surface area contributed by atoms with Gasteiger partial charge in [-0.05, 0) is 57.4 Å². The number of rotatable bonds is 9. The molecule has 11 heteroatoms. The van der Waals surface area contributed by atoms with Crippen LogP contribution in [0.3, 0.4) is 0 Å². The van der Waals surface area contributed by atoms with Crippen molar-refractivity contribution in [2.75, 3.05) is 6.26 Å². The number of imidazole rings is 1. The number of hydrogen-bond acceptors (Lipinski definition) is 8. The van der Waals surface area contributed by atoms with Crippen LogP contribution in [0.2, 0.25) is 0 Å². The summed E-state index contributed by atoms with van der Waals surface area (Å²) < 4.78 is 37.0. The first-order valence-corrected chi connectivity index (χ1v) is 14.1. The summed E-state index contributed by atoms with van der Waals surface area (Å²) in [4.78, 5) is 13.8. The van der Waals surface area contributed by atoms with Crippen LogP contribution in [0, 0.1) is 6.92 Å². The number of aromatic nitrogens is 4. The summed E-state index contributed by atoms with van der Waals surface area (Å²) in [5.74, 6) is 0.672. The molecule has 178 valence electrons. The van der Waals surface area contributed by atoms with Gasteiger partial charge in [0, 0.05) is 12.7 Å². The first kappa shape index (κ1) is 24.4. The molecule has 0 aliphatic rings. The Balaban J connectivity index is 1.53. The van der Waals surface area contributed by atoms with Crippen molar-refractivity contribution in [1.29, 1.82) is 0 Å². The summed E-state index contributed by atoms with van der Waals surface area (Å²) >= 11 is 2.61. The largest absolute Gasteiger partial charge is 0.426 e. The van der Waals surface area contributed by atoms with Gasteiger partial charge in [-0.2, -0.15) is 0 Å². The quantitative estimate of drug-likeness (QED) is 0.239. The number of ether oxygens (including phenoxy) is 1. The van der Waals surface area contributed by atoms with Crippen LogP contribution in [0.15, 0.2) is 64.2 Å². The zero-order chi connectivity index (χ0) is 24.3. The highest BCUT2D eigenvalue weighted by atomic mass is 32.2. The van der Waals surface area contributed by atoms with Crippen molar-refractivity contribution >= 4 is 33.1 Å². The van der Waals surface area contributed by atoms with Gasteiger partial charge in [0.15, 0.2) is 5.16 Å². The van der Waals surface area contributed by atoms with Gasteiger partial charge >= 0.3 is 6.01 Å². The lowest BCUT2D eigenvalue weighted by Gasteiger charge is -2.16.